The molecule has 21 heteroatoms. The van der Waals surface area contributed by atoms with Gasteiger partial charge in [0.15, 0.2) is 17.5 Å². The van der Waals surface area contributed by atoms with Crippen LogP contribution in [-0.2, 0) is 48.6 Å². The van der Waals surface area contributed by atoms with E-state index in [0.717, 1.165) is 192 Å². The summed E-state index contributed by atoms with van der Waals surface area (Å²) in [6.45, 7) is 24.3. The molecule has 19 nitrogen and oxygen atoms in total. The Morgan fingerprint density at radius 3 is 1.06 bits per heavy atom. The molecular weight excluding hydrogens is 1540 g/mol. The van der Waals surface area contributed by atoms with Crippen LogP contribution in [0, 0.1) is 143 Å². The summed E-state index contributed by atoms with van der Waals surface area (Å²) in [5.41, 5.74) is 26.5. The van der Waals surface area contributed by atoms with Crippen LogP contribution < -0.4 is 101 Å². The number of carbonyl (C=O) groups excluding carboxylic acids is 1. The van der Waals surface area contributed by atoms with Gasteiger partial charge >= 0.3 is 68.9 Å². The number of phenols is 1. The molecule has 9 aromatic rings. The number of fused-ring (bicyclic) bond motifs is 9. The molecular formula is C87H96BrCsN12O7. The SMILES string of the molecule is C.C#CC#CC#CC#CC#CC#CC#C.CC#CC#CC#CC#CC#CC.CCCBr.CCCCc1nc2c(N)nc3cc(O)ccc3c2n1CCC.CCCCc1nc2c(N)nc3cc(OCCC)ccc3c2n1CCC.CCCCc1nc2c(N)nc3cc(OCCO)ccc3c2n1CCC.O=CO[O-].[Cs+]. The van der Waals surface area contributed by atoms with E-state index in [9.17, 15) is 5.11 Å². The molecule has 554 valence electrons. The number of anilines is 3. The summed E-state index contributed by atoms with van der Waals surface area (Å²) in [5.74, 6) is 60.2. The summed E-state index contributed by atoms with van der Waals surface area (Å²) in [7, 11) is 0. The van der Waals surface area contributed by atoms with Crippen LogP contribution in [0.4, 0.5) is 17.5 Å². The Hall–Kier alpha value is -10.3. The largest absolute Gasteiger partial charge is 1.00 e. The third-order valence-electron chi connectivity index (χ3n) is 14.3. The van der Waals surface area contributed by atoms with Crippen LogP contribution in [0.25, 0.3) is 65.8 Å². The number of terminal acetylenes is 2. The van der Waals surface area contributed by atoms with Crippen LogP contribution >= 0.6 is 15.9 Å². The van der Waals surface area contributed by atoms with Crippen molar-refractivity contribution in [3.63, 3.8) is 0 Å². The number of ether oxygens (including phenoxy) is 2. The first-order valence-electron chi connectivity index (χ1n) is 35.0. The molecule has 6 heterocycles. The normalized spacial score (nSPS) is 9.03. The quantitative estimate of drug-likeness (QED) is 0.0131. The maximum absolute atomic E-state index is 9.68. The topological polar surface area (TPSA) is 278 Å². The number of aromatic hydroxyl groups is 1. The van der Waals surface area contributed by atoms with Crippen molar-refractivity contribution < 1.29 is 104 Å². The molecule has 3 aromatic carbocycles. The van der Waals surface area contributed by atoms with Gasteiger partial charge in [0, 0.05) is 78.6 Å². The number of nitrogen functional groups attached to an aromatic ring is 3. The van der Waals surface area contributed by atoms with Crippen molar-refractivity contribution in [1.82, 2.24) is 43.6 Å². The minimum absolute atomic E-state index is 0. The number of carbonyl (C=O) groups is 1. The zero-order valence-electron chi connectivity index (χ0n) is 63.3. The molecule has 0 saturated carbocycles. The number of aryl methyl sites for hydroxylation is 6. The van der Waals surface area contributed by atoms with Crippen LogP contribution in [-0.4, -0.2) is 85.4 Å². The van der Waals surface area contributed by atoms with Crippen molar-refractivity contribution in [2.24, 2.45) is 0 Å². The first-order chi connectivity index (χ1) is 51.7. The number of aromatic nitrogens is 9. The Morgan fingerprint density at radius 2 is 0.778 bits per heavy atom. The Balaban J connectivity index is 0.000000670. The molecule has 0 bridgehead atoms. The van der Waals surface area contributed by atoms with E-state index < -0.39 is 0 Å². The van der Waals surface area contributed by atoms with Crippen molar-refractivity contribution in [2.45, 2.75) is 186 Å². The van der Waals surface area contributed by atoms with Gasteiger partial charge in [-0.15, -0.1) is 12.8 Å². The second-order valence-corrected chi connectivity index (χ2v) is 23.1. The minimum Gasteiger partial charge on any atom is -0.662 e. The number of alkyl halides is 1. The van der Waals surface area contributed by atoms with E-state index in [-0.39, 0.29) is 102 Å². The Morgan fingerprint density at radius 1 is 0.472 bits per heavy atom. The van der Waals surface area contributed by atoms with Gasteiger partial charge in [-0.2, -0.15) is 0 Å². The van der Waals surface area contributed by atoms with E-state index in [0.29, 0.717) is 35.3 Å². The number of hydrogen-bond acceptors (Lipinski definition) is 16. The molecule has 0 unspecified atom stereocenters. The number of nitrogens with zero attached hydrogens (tertiary/aromatic N) is 9. The summed E-state index contributed by atoms with van der Waals surface area (Å²) < 4.78 is 18.1. The van der Waals surface area contributed by atoms with Gasteiger partial charge in [-0.3, -0.25) is 4.79 Å². The molecule has 0 atom stereocenters. The van der Waals surface area contributed by atoms with Crippen molar-refractivity contribution in [3.8, 4) is 160 Å². The number of rotatable bonds is 23. The van der Waals surface area contributed by atoms with E-state index in [2.05, 4.69) is 241 Å². The fourth-order valence-electron chi connectivity index (χ4n) is 9.99. The second-order valence-electron chi connectivity index (χ2n) is 22.3. The molecule has 0 amide bonds. The smallest absolute Gasteiger partial charge is 0.662 e. The number of halogens is 1. The van der Waals surface area contributed by atoms with Crippen molar-refractivity contribution in [2.75, 3.05) is 42.4 Å². The number of aliphatic hydroxyl groups excluding tert-OH is 1. The number of imidazole rings is 3. The van der Waals surface area contributed by atoms with Crippen LogP contribution in [0.15, 0.2) is 54.6 Å². The molecule has 0 spiro atoms. The molecule has 0 aliphatic carbocycles. The summed E-state index contributed by atoms with van der Waals surface area (Å²) in [6.07, 6.45) is 24.7. The van der Waals surface area contributed by atoms with Crippen LogP contribution in [0.1, 0.15) is 165 Å². The fourth-order valence-corrected chi connectivity index (χ4v) is 9.99. The number of benzene rings is 3. The molecule has 6 aromatic heterocycles. The van der Waals surface area contributed by atoms with Gasteiger partial charge in [0.2, 0.25) is 0 Å². The predicted molar refractivity (Wildman–Crippen MR) is 440 cm³/mol. The van der Waals surface area contributed by atoms with Crippen LogP contribution in [0.5, 0.6) is 17.2 Å². The van der Waals surface area contributed by atoms with E-state index in [4.69, 9.17) is 69.6 Å². The number of nitrogens with two attached hydrogens (primary N) is 3. The van der Waals surface area contributed by atoms with E-state index >= 15 is 0 Å². The van der Waals surface area contributed by atoms with Crippen molar-refractivity contribution in [1.29, 1.82) is 0 Å². The fraction of sp³-hybridized carbons (Fsp3) is 0.368. The monoisotopic (exact) mass is 1630 g/mol. The molecule has 0 saturated heterocycles. The first-order valence-corrected chi connectivity index (χ1v) is 36.2. The van der Waals surface area contributed by atoms with Gasteiger partial charge in [-0.1, -0.05) is 110 Å². The number of phenolic OH excluding ortho intramolecular Hbond substituents is 1. The Labute approximate surface area is 706 Å². The number of unbranched alkanes of at least 4 members (excludes halogenated alkanes) is 3. The molecule has 8 N–H and O–H groups in total. The van der Waals surface area contributed by atoms with Crippen molar-refractivity contribution >= 4 is 106 Å². The van der Waals surface area contributed by atoms with Gasteiger partial charge in [0.25, 0.3) is 6.47 Å². The third kappa shape index (κ3) is 32.1. The van der Waals surface area contributed by atoms with Gasteiger partial charge in [0.1, 0.15) is 57.9 Å². The number of hydrogen-bond donors (Lipinski definition) is 5. The van der Waals surface area contributed by atoms with E-state index in [1.807, 2.05) is 36.4 Å². The summed E-state index contributed by atoms with van der Waals surface area (Å²) in [5, 5.41) is 31.3. The average Bonchev–Trinajstić information content (AvgIpc) is 1.59. The standard InChI is InChI=1S/C20H28N4O.C19H26N4O2.C17H22N4O.C14H2.C12H6.C3H7Br.CH2O3.CH4.Cs/c1-4-7-8-17-23-18-19(24(17)11-5-2)15-10-9-14(25-12-6-3)13-16(15)22-20(18)21;1-3-5-6-16-22-17-18(23(16)9-4-2)14-8-7-13(25-11-10-24)12-15(14)21-19(17)20;1-3-5-6-14-20-15-16(21(14)9-4-2)12-8-7-11(22)10-13(12)19-17(15)18;1-3-5-7-9-11-13-14-12-10-8-6-4-2;1-3-5-7-9-11-12-10-8-6-4-2;1-2-3-4;2-1-4-3;;/h9-10,13H,4-8,11-12H2,1-3H3,(H2,21,22);7-8,12,24H,3-6,9-11H2,1-2H3,(H2,20,21);7-8,10,22H,3-6,9H2,1-2H3,(H2,18,19);1-2H;1-2H3;2-3H2,1H3;1,3H;1H4;/q;;;;;;;;+1/p-1. The Kier molecular flexibility index (Phi) is 51.3. The summed E-state index contributed by atoms with van der Waals surface area (Å²) >= 11 is 3.25. The van der Waals surface area contributed by atoms with Gasteiger partial charge in [-0.05, 0) is 220 Å². The summed E-state index contributed by atoms with van der Waals surface area (Å²) in [4.78, 5) is 39.2. The van der Waals surface area contributed by atoms with Gasteiger partial charge < -0.3 is 60.7 Å². The van der Waals surface area contributed by atoms with Crippen molar-refractivity contribution in [3.05, 3.63) is 72.1 Å². The number of aliphatic hydroxyl groups is 1. The third-order valence-corrected chi connectivity index (χ3v) is 15.1. The molecule has 0 aliphatic heterocycles. The zero-order valence-corrected chi connectivity index (χ0v) is 71.2. The van der Waals surface area contributed by atoms with Gasteiger partial charge in [0.05, 0.1) is 46.3 Å². The number of pyridine rings is 3. The second kappa shape index (κ2) is 57.9. The van der Waals surface area contributed by atoms with Crippen LogP contribution in [0.2, 0.25) is 0 Å². The molecule has 0 aliphatic rings. The minimum atomic E-state index is -0.181. The van der Waals surface area contributed by atoms with E-state index in [1.54, 1.807) is 26.0 Å². The zero-order chi connectivity index (χ0) is 77.7. The maximum atomic E-state index is 9.68. The van der Waals surface area contributed by atoms with E-state index in [1.165, 1.54) is 6.42 Å². The van der Waals surface area contributed by atoms with Crippen LogP contribution in [0.3, 0.4) is 0 Å². The summed E-state index contributed by atoms with van der Waals surface area (Å²) in [6, 6.07) is 17.1. The maximum Gasteiger partial charge on any atom is 1.00 e. The molecule has 0 fully saturated rings. The molecule has 108 heavy (non-hydrogen) atoms. The van der Waals surface area contributed by atoms with Gasteiger partial charge in [-0.25, -0.2) is 29.9 Å². The average molecular weight is 1630 g/mol. The Bertz CT molecular complexity index is 4930. The first kappa shape index (κ1) is 95.8. The molecule has 0 radical (unpaired) electrons. The predicted octanol–water partition coefficient (Wildman–Crippen LogP) is 10.8. The molecule has 9 rings (SSSR count).